The van der Waals surface area contributed by atoms with E-state index in [1.807, 2.05) is 6.92 Å². The van der Waals surface area contributed by atoms with Crippen molar-refractivity contribution in [2.45, 2.75) is 18.3 Å². The molecule has 1 atom stereocenters. The van der Waals surface area contributed by atoms with Gasteiger partial charge in [0.15, 0.2) is 5.17 Å². The van der Waals surface area contributed by atoms with Crippen LogP contribution < -0.4 is 10.2 Å². The number of benzene rings is 1. The highest BCUT2D eigenvalue weighted by atomic mass is 32.2. The molecule has 114 valence electrons. The Hall–Kier alpha value is -1.70. The third kappa shape index (κ3) is 3.49. The molecule has 0 saturated carbocycles. The zero-order valence-corrected chi connectivity index (χ0v) is 12.3. The number of aliphatic imine (C=N–C) groups is 1. The van der Waals surface area contributed by atoms with Crippen LogP contribution in [0.2, 0.25) is 0 Å². The number of nitrogens with zero attached hydrogens (tertiary/aromatic N) is 2. The normalized spacial score (nSPS) is 18.3. The van der Waals surface area contributed by atoms with Crippen LogP contribution in [-0.4, -0.2) is 30.0 Å². The molecule has 8 heteroatoms. The van der Waals surface area contributed by atoms with Crippen LogP contribution in [0.1, 0.15) is 12.5 Å². The fraction of sp³-hybridized carbons (Fsp3) is 0.385. The van der Waals surface area contributed by atoms with Crippen LogP contribution in [0.15, 0.2) is 29.3 Å². The van der Waals surface area contributed by atoms with Crippen molar-refractivity contribution < 1.29 is 18.0 Å². The molecule has 0 bridgehead atoms. The molecule has 0 aromatic heterocycles. The Morgan fingerprint density at radius 1 is 1.38 bits per heavy atom. The number of nitrogens with one attached hydrogen (secondary N) is 1. The fourth-order valence-corrected chi connectivity index (χ4v) is 2.76. The van der Waals surface area contributed by atoms with Gasteiger partial charge < -0.3 is 5.32 Å². The molecule has 1 aromatic carbocycles. The Kier molecular flexibility index (Phi) is 4.46. The first-order valence-electron chi connectivity index (χ1n) is 6.23. The van der Waals surface area contributed by atoms with Gasteiger partial charge in [-0.25, -0.2) is 9.69 Å². The fourth-order valence-electron chi connectivity index (χ4n) is 1.81. The van der Waals surface area contributed by atoms with Gasteiger partial charge in [0.05, 0.1) is 17.8 Å². The van der Waals surface area contributed by atoms with E-state index in [0.29, 0.717) is 17.4 Å². The van der Waals surface area contributed by atoms with Crippen LogP contribution in [0.25, 0.3) is 0 Å². The van der Waals surface area contributed by atoms with Gasteiger partial charge in [-0.3, -0.25) is 4.99 Å². The van der Waals surface area contributed by atoms with Crippen molar-refractivity contribution in [2.75, 3.05) is 18.5 Å². The summed E-state index contributed by atoms with van der Waals surface area (Å²) in [6.45, 7) is 2.55. The highest BCUT2D eigenvalue weighted by molar-refractivity contribution is 8.15. The third-order valence-electron chi connectivity index (χ3n) is 2.85. The summed E-state index contributed by atoms with van der Waals surface area (Å²) >= 11 is 1.41. The molecule has 2 rings (SSSR count). The van der Waals surface area contributed by atoms with E-state index < -0.39 is 17.8 Å². The van der Waals surface area contributed by atoms with Gasteiger partial charge in [-0.15, -0.1) is 0 Å². The summed E-state index contributed by atoms with van der Waals surface area (Å²) in [5, 5.41) is 3.20. The molecule has 1 aliphatic rings. The van der Waals surface area contributed by atoms with E-state index in [2.05, 4.69) is 10.3 Å². The van der Waals surface area contributed by atoms with Gasteiger partial charge in [0, 0.05) is 12.3 Å². The second-order valence-corrected chi connectivity index (χ2v) is 5.89. The first-order chi connectivity index (χ1) is 9.82. The first kappa shape index (κ1) is 15.7. The molecule has 2 amide bonds. The number of rotatable bonds is 1. The highest BCUT2D eigenvalue weighted by Crippen LogP contribution is 2.32. The topological polar surface area (TPSA) is 44.7 Å². The molecule has 21 heavy (non-hydrogen) atoms. The molecule has 0 fully saturated rings. The quantitative estimate of drug-likeness (QED) is 0.863. The largest absolute Gasteiger partial charge is 0.416 e. The number of amides is 2. The average Bonchev–Trinajstić information content (AvgIpc) is 2.84. The molecular weight excluding hydrogens is 303 g/mol. The summed E-state index contributed by atoms with van der Waals surface area (Å²) in [6, 6.07) is 4.01. The van der Waals surface area contributed by atoms with Crippen LogP contribution in [0, 0.1) is 0 Å². The predicted octanol–water partition coefficient (Wildman–Crippen LogP) is 3.34. The maximum atomic E-state index is 12.6. The molecule has 0 radical (unpaired) electrons. The molecular formula is C13H14F3N3OS. The summed E-state index contributed by atoms with van der Waals surface area (Å²) in [6.07, 6.45) is -4.40. The number of carbonyl (C=O) groups excluding carboxylic acids is 1. The van der Waals surface area contributed by atoms with Crippen molar-refractivity contribution in [1.29, 1.82) is 0 Å². The van der Waals surface area contributed by atoms with Crippen LogP contribution >= 0.6 is 11.8 Å². The number of hydrogen-bond donors (Lipinski definition) is 1. The summed E-state index contributed by atoms with van der Waals surface area (Å²) in [5.41, 5.74) is -0.403. The van der Waals surface area contributed by atoms with Crippen molar-refractivity contribution >= 4 is 28.6 Å². The van der Waals surface area contributed by atoms with Crippen molar-refractivity contribution in [3.05, 3.63) is 29.8 Å². The number of halogens is 3. The van der Waals surface area contributed by atoms with Gasteiger partial charge in [0.1, 0.15) is 0 Å². The Labute approximate surface area is 124 Å². The predicted molar refractivity (Wildman–Crippen MR) is 77.7 cm³/mol. The number of carbonyl (C=O) groups is 1. The minimum Gasteiger partial charge on any atom is -0.340 e. The molecule has 4 nitrogen and oxygen atoms in total. The molecule has 1 aliphatic heterocycles. The van der Waals surface area contributed by atoms with E-state index >= 15 is 0 Å². The number of hydrogen-bond acceptors (Lipinski definition) is 3. The summed E-state index contributed by atoms with van der Waals surface area (Å²) < 4.78 is 37.7. The Morgan fingerprint density at radius 2 is 2.00 bits per heavy atom. The van der Waals surface area contributed by atoms with E-state index in [9.17, 15) is 18.0 Å². The molecule has 0 aliphatic carbocycles. The van der Waals surface area contributed by atoms with Crippen LogP contribution in [-0.2, 0) is 6.18 Å². The summed E-state index contributed by atoms with van der Waals surface area (Å²) in [7, 11) is 1.46. The Bertz CT molecular complexity index is 557. The van der Waals surface area contributed by atoms with E-state index in [4.69, 9.17) is 0 Å². The van der Waals surface area contributed by atoms with E-state index in [-0.39, 0.29) is 5.25 Å². The van der Waals surface area contributed by atoms with Crippen molar-refractivity contribution in [3.8, 4) is 0 Å². The smallest absolute Gasteiger partial charge is 0.340 e. The number of thioether (sulfide) groups is 1. The van der Waals surface area contributed by atoms with Crippen LogP contribution in [0.3, 0.4) is 0 Å². The Balaban J connectivity index is 2.32. The van der Waals surface area contributed by atoms with Gasteiger partial charge >= 0.3 is 12.2 Å². The van der Waals surface area contributed by atoms with Crippen molar-refractivity contribution in [2.24, 2.45) is 4.99 Å². The molecule has 1 heterocycles. The van der Waals surface area contributed by atoms with Crippen molar-refractivity contribution in [1.82, 2.24) is 5.32 Å². The highest BCUT2D eigenvalue weighted by Gasteiger charge is 2.31. The number of amidine groups is 1. The number of anilines is 1. The average molecular weight is 317 g/mol. The number of urea groups is 1. The molecule has 1 aromatic rings. The summed E-state index contributed by atoms with van der Waals surface area (Å²) in [4.78, 5) is 17.5. The molecule has 0 unspecified atom stereocenters. The molecule has 0 saturated heterocycles. The summed E-state index contributed by atoms with van der Waals surface area (Å²) in [5.74, 6) is 0. The molecule has 0 spiro atoms. The lowest BCUT2D eigenvalue weighted by atomic mass is 10.2. The first-order valence-corrected chi connectivity index (χ1v) is 7.11. The lowest BCUT2D eigenvalue weighted by Crippen LogP contribution is -2.41. The van der Waals surface area contributed by atoms with Gasteiger partial charge in [0.2, 0.25) is 0 Å². The van der Waals surface area contributed by atoms with E-state index in [1.165, 1.54) is 35.8 Å². The van der Waals surface area contributed by atoms with Crippen LogP contribution in [0.4, 0.5) is 23.7 Å². The standard InChI is InChI=1S/C13H14F3N3OS/c1-8-7-18-12(21-8)19(11(20)17-2)10-5-3-9(4-6-10)13(14,15)16/h3-6,8H,7H2,1-2H3,(H,17,20)/t8-/m1/s1. The minimum absolute atomic E-state index is 0.238. The van der Waals surface area contributed by atoms with Gasteiger partial charge in [-0.1, -0.05) is 18.7 Å². The minimum atomic E-state index is -4.40. The van der Waals surface area contributed by atoms with Crippen molar-refractivity contribution in [3.63, 3.8) is 0 Å². The van der Waals surface area contributed by atoms with Gasteiger partial charge in [0.25, 0.3) is 0 Å². The van der Waals surface area contributed by atoms with E-state index in [1.54, 1.807) is 0 Å². The van der Waals surface area contributed by atoms with Gasteiger partial charge in [-0.05, 0) is 24.3 Å². The zero-order chi connectivity index (χ0) is 15.6. The second-order valence-electron chi connectivity index (χ2n) is 4.49. The lowest BCUT2D eigenvalue weighted by molar-refractivity contribution is -0.137. The van der Waals surface area contributed by atoms with Gasteiger partial charge in [-0.2, -0.15) is 13.2 Å². The second kappa shape index (κ2) is 5.97. The molecule has 1 N–H and O–H groups in total. The zero-order valence-electron chi connectivity index (χ0n) is 11.4. The monoisotopic (exact) mass is 317 g/mol. The number of alkyl halides is 3. The SMILES string of the molecule is CNC(=O)N(C1=NC[C@@H](C)S1)c1ccc(C(F)(F)F)cc1. The maximum Gasteiger partial charge on any atom is 0.416 e. The van der Waals surface area contributed by atoms with E-state index in [0.717, 1.165) is 12.1 Å². The lowest BCUT2D eigenvalue weighted by Gasteiger charge is -2.22. The van der Waals surface area contributed by atoms with Crippen LogP contribution in [0.5, 0.6) is 0 Å². The third-order valence-corrected chi connectivity index (χ3v) is 3.93. The Morgan fingerprint density at radius 3 is 2.43 bits per heavy atom. The maximum absolute atomic E-state index is 12.6.